The van der Waals surface area contributed by atoms with Gasteiger partial charge in [0.25, 0.3) is 0 Å². The second kappa shape index (κ2) is 6.18. The van der Waals surface area contributed by atoms with Crippen LogP contribution in [0.1, 0.15) is 22.3 Å². The van der Waals surface area contributed by atoms with Crippen molar-refractivity contribution in [2.75, 3.05) is 13.0 Å². The molecule has 1 rings (SSSR count). The maximum Gasteiger partial charge on any atom is 0.341 e. The first-order chi connectivity index (χ1) is 7.69. The first-order valence-electron chi connectivity index (χ1n) is 4.83. The van der Waals surface area contributed by atoms with Crippen molar-refractivity contribution in [2.24, 2.45) is 0 Å². The highest BCUT2D eigenvalue weighted by Gasteiger charge is 2.10. The van der Waals surface area contributed by atoms with Gasteiger partial charge in [-0.1, -0.05) is 18.2 Å². The number of benzene rings is 1. The van der Waals surface area contributed by atoms with Gasteiger partial charge < -0.3 is 9.84 Å². The number of hydrogen-bond donors (Lipinski definition) is 1. The quantitative estimate of drug-likeness (QED) is 0.650. The summed E-state index contributed by atoms with van der Waals surface area (Å²) in [6.07, 6.45) is 4.50. The van der Waals surface area contributed by atoms with E-state index in [0.717, 1.165) is 12.0 Å². The molecule has 0 amide bonds. The molecule has 0 spiro atoms. The average Bonchev–Trinajstić information content (AvgIpc) is 2.29. The van der Waals surface area contributed by atoms with Crippen molar-refractivity contribution in [2.45, 2.75) is 6.42 Å². The summed E-state index contributed by atoms with van der Waals surface area (Å²) in [5.41, 5.74) is 0.979. The molecule has 0 saturated heterocycles. The molecule has 3 nitrogen and oxygen atoms in total. The molecule has 0 aliphatic heterocycles. The van der Waals surface area contributed by atoms with Crippen LogP contribution in [0.25, 0.3) is 6.08 Å². The minimum Gasteiger partial charge on any atom is -0.507 e. The number of hydrogen-bond acceptors (Lipinski definition) is 3. The average molecular weight is 241 g/mol. The number of methoxy groups -OCH3 is 1. The van der Waals surface area contributed by atoms with E-state index in [9.17, 15) is 9.90 Å². The molecule has 0 radical (unpaired) electrons. The van der Waals surface area contributed by atoms with Gasteiger partial charge in [0.1, 0.15) is 11.3 Å². The smallest absolute Gasteiger partial charge is 0.341 e. The van der Waals surface area contributed by atoms with Crippen LogP contribution in [0.4, 0.5) is 0 Å². The zero-order valence-electron chi connectivity index (χ0n) is 8.94. The van der Waals surface area contributed by atoms with Gasteiger partial charge in [-0.2, -0.15) is 0 Å². The van der Waals surface area contributed by atoms with E-state index in [2.05, 4.69) is 4.74 Å². The summed E-state index contributed by atoms with van der Waals surface area (Å²) in [4.78, 5) is 11.2. The van der Waals surface area contributed by atoms with Gasteiger partial charge in [0, 0.05) is 5.88 Å². The highest BCUT2D eigenvalue weighted by molar-refractivity contribution is 6.17. The van der Waals surface area contributed by atoms with Crippen LogP contribution in [0.2, 0.25) is 0 Å². The van der Waals surface area contributed by atoms with Gasteiger partial charge >= 0.3 is 5.97 Å². The van der Waals surface area contributed by atoms with Gasteiger partial charge in [-0.3, -0.25) is 0 Å². The van der Waals surface area contributed by atoms with Crippen LogP contribution < -0.4 is 0 Å². The van der Waals surface area contributed by atoms with E-state index in [-0.39, 0.29) is 11.3 Å². The monoisotopic (exact) mass is 240 g/mol. The maximum atomic E-state index is 11.2. The van der Waals surface area contributed by atoms with Crippen molar-refractivity contribution in [3.05, 3.63) is 35.4 Å². The lowest BCUT2D eigenvalue weighted by atomic mass is 10.1. The summed E-state index contributed by atoms with van der Waals surface area (Å²) in [5.74, 6) is -0.0726. The Labute approximate surface area is 99.3 Å². The number of rotatable bonds is 4. The molecule has 1 N–H and O–H groups in total. The number of carbonyl (C=O) groups excluding carboxylic acids is 1. The third-order valence-corrected chi connectivity index (χ3v) is 2.23. The fourth-order valence-corrected chi connectivity index (χ4v) is 1.34. The van der Waals surface area contributed by atoms with Crippen LogP contribution in [-0.4, -0.2) is 24.1 Å². The van der Waals surface area contributed by atoms with Crippen molar-refractivity contribution in [1.29, 1.82) is 0 Å². The molecule has 0 aromatic heterocycles. The zero-order valence-corrected chi connectivity index (χ0v) is 9.70. The Balaban J connectivity index is 2.86. The number of phenolic OH excluding ortho intramolecular Hbond substituents is 1. The zero-order chi connectivity index (χ0) is 12.0. The summed E-state index contributed by atoms with van der Waals surface area (Å²) in [5, 5.41) is 9.59. The maximum absolute atomic E-state index is 11.2. The molecule has 1 aromatic rings. The van der Waals surface area contributed by atoms with Crippen LogP contribution in [-0.2, 0) is 4.74 Å². The fraction of sp³-hybridized carbons (Fsp3) is 0.250. The van der Waals surface area contributed by atoms with Crippen LogP contribution >= 0.6 is 11.6 Å². The van der Waals surface area contributed by atoms with Crippen LogP contribution in [0.15, 0.2) is 24.3 Å². The molecular weight excluding hydrogens is 228 g/mol. The van der Waals surface area contributed by atoms with E-state index in [4.69, 9.17) is 11.6 Å². The minimum atomic E-state index is -0.547. The lowest BCUT2D eigenvalue weighted by Gasteiger charge is -2.03. The molecule has 86 valence electrons. The molecule has 0 fully saturated rings. The second-order valence-electron chi connectivity index (χ2n) is 3.15. The Morgan fingerprint density at radius 1 is 1.56 bits per heavy atom. The first-order valence-corrected chi connectivity index (χ1v) is 5.36. The summed E-state index contributed by atoms with van der Waals surface area (Å²) in [6.45, 7) is 0. The number of esters is 1. The number of ether oxygens (including phenoxy) is 1. The molecule has 1 aromatic carbocycles. The molecule has 0 aliphatic rings. The van der Waals surface area contributed by atoms with Gasteiger partial charge in [0.05, 0.1) is 7.11 Å². The second-order valence-corrected chi connectivity index (χ2v) is 3.53. The van der Waals surface area contributed by atoms with E-state index in [1.165, 1.54) is 19.2 Å². The van der Waals surface area contributed by atoms with Crippen molar-refractivity contribution in [3.8, 4) is 5.75 Å². The Bertz CT molecular complexity index is 399. The largest absolute Gasteiger partial charge is 0.507 e. The normalized spacial score (nSPS) is 10.6. The third kappa shape index (κ3) is 3.28. The molecule has 0 unspecified atom stereocenters. The molecule has 0 atom stereocenters. The Morgan fingerprint density at radius 3 is 2.88 bits per heavy atom. The fourth-order valence-electron chi connectivity index (χ4n) is 1.22. The Kier molecular flexibility index (Phi) is 4.86. The van der Waals surface area contributed by atoms with E-state index < -0.39 is 5.97 Å². The van der Waals surface area contributed by atoms with Crippen LogP contribution in [0, 0.1) is 0 Å². The van der Waals surface area contributed by atoms with Crippen LogP contribution in [0.3, 0.4) is 0 Å². The van der Waals surface area contributed by atoms with Gasteiger partial charge in [0.2, 0.25) is 0 Å². The van der Waals surface area contributed by atoms with Gasteiger partial charge in [-0.05, 0) is 24.1 Å². The summed E-state index contributed by atoms with van der Waals surface area (Å²) >= 11 is 5.52. The summed E-state index contributed by atoms with van der Waals surface area (Å²) < 4.78 is 4.52. The third-order valence-electron chi connectivity index (χ3n) is 2.01. The SMILES string of the molecule is COC(=O)c1ccc(C=CCCCl)cc1O. The molecule has 4 heteroatoms. The number of alkyl halides is 1. The Hall–Kier alpha value is -1.48. The summed E-state index contributed by atoms with van der Waals surface area (Å²) in [7, 11) is 1.27. The van der Waals surface area contributed by atoms with Gasteiger partial charge in [-0.25, -0.2) is 4.79 Å². The molecule has 0 heterocycles. The van der Waals surface area contributed by atoms with Crippen LogP contribution in [0.5, 0.6) is 5.75 Å². The highest BCUT2D eigenvalue weighted by atomic mass is 35.5. The number of aromatic hydroxyl groups is 1. The minimum absolute atomic E-state index is 0.0835. The molecule has 0 bridgehead atoms. The van der Waals surface area contributed by atoms with Crippen molar-refractivity contribution in [1.82, 2.24) is 0 Å². The van der Waals surface area contributed by atoms with Crippen molar-refractivity contribution >= 4 is 23.6 Å². The predicted molar refractivity (Wildman–Crippen MR) is 63.8 cm³/mol. The number of phenols is 1. The molecule has 16 heavy (non-hydrogen) atoms. The standard InChI is InChI=1S/C12H13ClO3/c1-16-12(15)10-6-5-9(8-11(10)14)4-2-3-7-13/h2,4-6,8,14H,3,7H2,1H3. The van der Waals surface area contributed by atoms with Crippen molar-refractivity contribution in [3.63, 3.8) is 0 Å². The van der Waals surface area contributed by atoms with Gasteiger partial charge in [-0.15, -0.1) is 11.6 Å². The van der Waals surface area contributed by atoms with E-state index >= 15 is 0 Å². The molecule has 0 saturated carbocycles. The molecular formula is C12H13ClO3. The predicted octanol–water partition coefficient (Wildman–Crippen LogP) is 2.82. The first kappa shape index (κ1) is 12.6. The number of halogens is 1. The van der Waals surface area contributed by atoms with E-state index in [0.29, 0.717) is 5.88 Å². The summed E-state index contributed by atoms with van der Waals surface area (Å²) in [6, 6.07) is 4.77. The lowest BCUT2D eigenvalue weighted by molar-refractivity contribution is 0.0597. The van der Waals surface area contributed by atoms with Crippen molar-refractivity contribution < 1.29 is 14.6 Å². The highest BCUT2D eigenvalue weighted by Crippen LogP contribution is 2.20. The Morgan fingerprint density at radius 2 is 2.31 bits per heavy atom. The number of carbonyl (C=O) groups is 1. The lowest BCUT2D eigenvalue weighted by Crippen LogP contribution is -2.01. The topological polar surface area (TPSA) is 46.5 Å². The van der Waals surface area contributed by atoms with E-state index in [1.807, 2.05) is 12.2 Å². The molecule has 0 aliphatic carbocycles. The number of allylic oxidation sites excluding steroid dienone is 1. The van der Waals surface area contributed by atoms with Gasteiger partial charge in [0.15, 0.2) is 0 Å². The van der Waals surface area contributed by atoms with E-state index in [1.54, 1.807) is 6.07 Å².